The van der Waals surface area contributed by atoms with Crippen molar-refractivity contribution in [1.29, 1.82) is 0 Å². The fourth-order valence-electron chi connectivity index (χ4n) is 1.61. The summed E-state index contributed by atoms with van der Waals surface area (Å²) < 4.78 is 40.2. The summed E-state index contributed by atoms with van der Waals surface area (Å²) >= 11 is 3.19. The Kier molecular flexibility index (Phi) is 4.85. The number of rotatable bonds is 3. The van der Waals surface area contributed by atoms with Crippen LogP contribution >= 0.6 is 15.9 Å². The Morgan fingerprint density at radius 1 is 1.05 bits per heavy atom. The molecule has 0 bridgehead atoms. The first-order valence-corrected chi connectivity index (χ1v) is 6.69. The van der Waals surface area contributed by atoms with Gasteiger partial charge in [-0.25, -0.2) is 18.0 Å². The monoisotopic (exact) mass is 358 g/mol. The molecule has 0 aromatic heterocycles. The van der Waals surface area contributed by atoms with Crippen LogP contribution in [0.25, 0.3) is 0 Å². The summed E-state index contributed by atoms with van der Waals surface area (Å²) in [4.78, 5) is 11.6. The number of nitrogens with one attached hydrogen (secondary N) is 2. The third-order valence-corrected chi connectivity index (χ3v) is 3.12. The zero-order chi connectivity index (χ0) is 15.4. The van der Waals surface area contributed by atoms with Gasteiger partial charge < -0.3 is 10.6 Å². The first-order valence-electron chi connectivity index (χ1n) is 5.89. The van der Waals surface area contributed by atoms with Gasteiger partial charge in [-0.15, -0.1) is 0 Å². The topological polar surface area (TPSA) is 41.1 Å². The van der Waals surface area contributed by atoms with Crippen molar-refractivity contribution in [2.24, 2.45) is 0 Å². The van der Waals surface area contributed by atoms with Gasteiger partial charge in [-0.05, 0) is 30.3 Å². The van der Waals surface area contributed by atoms with Crippen molar-refractivity contribution in [3.63, 3.8) is 0 Å². The van der Waals surface area contributed by atoms with Gasteiger partial charge in [0.15, 0.2) is 0 Å². The first kappa shape index (κ1) is 15.4. The van der Waals surface area contributed by atoms with Crippen LogP contribution in [0.5, 0.6) is 0 Å². The van der Waals surface area contributed by atoms with E-state index in [1.165, 1.54) is 18.2 Å². The Morgan fingerprint density at radius 3 is 2.52 bits per heavy atom. The molecule has 0 spiro atoms. The lowest BCUT2D eigenvalue weighted by Crippen LogP contribution is -2.28. The standard InChI is InChI=1S/C14H10BrF3N2O/c15-9-1-3-11(17)8(5-9)7-19-14(21)20-13-4-2-10(16)6-12(13)18/h1-6H,7H2,(H2,19,20,21). The fourth-order valence-corrected chi connectivity index (χ4v) is 2.02. The molecular formula is C14H10BrF3N2O. The molecule has 21 heavy (non-hydrogen) atoms. The number of carbonyl (C=O) groups excluding carboxylic acids is 1. The molecule has 110 valence electrons. The van der Waals surface area contributed by atoms with E-state index in [1.54, 1.807) is 0 Å². The van der Waals surface area contributed by atoms with Crippen LogP contribution in [0.4, 0.5) is 23.7 Å². The molecule has 2 N–H and O–H groups in total. The lowest BCUT2D eigenvalue weighted by atomic mass is 10.2. The van der Waals surface area contributed by atoms with E-state index in [0.29, 0.717) is 10.5 Å². The maximum Gasteiger partial charge on any atom is 0.319 e. The van der Waals surface area contributed by atoms with E-state index in [9.17, 15) is 18.0 Å². The zero-order valence-corrected chi connectivity index (χ0v) is 12.2. The Balaban J connectivity index is 1.97. The van der Waals surface area contributed by atoms with Gasteiger partial charge in [0.2, 0.25) is 0 Å². The predicted molar refractivity (Wildman–Crippen MR) is 76.3 cm³/mol. The van der Waals surface area contributed by atoms with Gasteiger partial charge in [0.1, 0.15) is 17.5 Å². The van der Waals surface area contributed by atoms with Crippen molar-refractivity contribution in [2.75, 3.05) is 5.32 Å². The lowest BCUT2D eigenvalue weighted by molar-refractivity contribution is 0.251. The summed E-state index contributed by atoms with van der Waals surface area (Å²) in [6, 6.07) is 6.37. The number of halogens is 4. The molecule has 0 aliphatic carbocycles. The third kappa shape index (κ3) is 4.22. The largest absolute Gasteiger partial charge is 0.334 e. The van der Waals surface area contributed by atoms with Crippen molar-refractivity contribution in [1.82, 2.24) is 5.32 Å². The van der Waals surface area contributed by atoms with Crippen LogP contribution in [0.1, 0.15) is 5.56 Å². The number of benzene rings is 2. The Hall–Kier alpha value is -2.02. The van der Waals surface area contributed by atoms with Crippen LogP contribution in [0.2, 0.25) is 0 Å². The van der Waals surface area contributed by atoms with Gasteiger partial charge in [0.05, 0.1) is 5.69 Å². The van der Waals surface area contributed by atoms with Gasteiger partial charge in [0, 0.05) is 22.6 Å². The quantitative estimate of drug-likeness (QED) is 0.848. The molecule has 0 heterocycles. The molecule has 7 heteroatoms. The highest BCUT2D eigenvalue weighted by Gasteiger charge is 2.09. The minimum absolute atomic E-state index is 0.0695. The molecule has 2 rings (SSSR count). The summed E-state index contributed by atoms with van der Waals surface area (Å²) in [5.41, 5.74) is 0.114. The second kappa shape index (κ2) is 6.62. The van der Waals surface area contributed by atoms with Crippen LogP contribution in [0.15, 0.2) is 40.9 Å². The highest BCUT2D eigenvalue weighted by Crippen LogP contribution is 2.16. The highest BCUT2D eigenvalue weighted by molar-refractivity contribution is 9.10. The molecule has 0 fully saturated rings. The van der Waals surface area contributed by atoms with Crippen molar-refractivity contribution in [3.05, 3.63) is 63.9 Å². The zero-order valence-electron chi connectivity index (χ0n) is 10.6. The summed E-state index contributed by atoms with van der Waals surface area (Å²) in [7, 11) is 0. The molecule has 2 amide bonds. The van der Waals surface area contributed by atoms with Crippen molar-refractivity contribution in [2.45, 2.75) is 6.54 Å². The average molecular weight is 359 g/mol. The summed E-state index contributed by atoms with van der Waals surface area (Å²) in [6.07, 6.45) is 0. The predicted octanol–water partition coefficient (Wildman–Crippen LogP) is 4.19. The average Bonchev–Trinajstić information content (AvgIpc) is 2.43. The number of amides is 2. The van der Waals surface area contributed by atoms with E-state index in [0.717, 1.165) is 12.1 Å². The molecule has 0 radical (unpaired) electrons. The molecule has 3 nitrogen and oxygen atoms in total. The number of urea groups is 1. The smallest absolute Gasteiger partial charge is 0.319 e. The van der Waals surface area contributed by atoms with Crippen LogP contribution in [0, 0.1) is 17.5 Å². The molecule has 0 saturated carbocycles. The second-order valence-corrected chi connectivity index (χ2v) is 5.08. The SMILES string of the molecule is O=C(NCc1cc(Br)ccc1F)Nc1ccc(F)cc1F. The van der Waals surface area contributed by atoms with Crippen LogP contribution < -0.4 is 10.6 Å². The Morgan fingerprint density at radius 2 is 1.81 bits per heavy atom. The third-order valence-electron chi connectivity index (χ3n) is 2.63. The number of carbonyl (C=O) groups is 1. The van der Waals surface area contributed by atoms with Gasteiger partial charge >= 0.3 is 6.03 Å². The van der Waals surface area contributed by atoms with Gasteiger partial charge in [0.25, 0.3) is 0 Å². The number of hydrogen-bond donors (Lipinski definition) is 2. The number of anilines is 1. The first-order chi connectivity index (χ1) is 9.95. The van der Waals surface area contributed by atoms with E-state index in [4.69, 9.17) is 0 Å². The molecule has 2 aromatic rings. The summed E-state index contributed by atoms with van der Waals surface area (Å²) in [6.45, 7) is -0.0695. The van der Waals surface area contributed by atoms with Gasteiger partial charge in [-0.1, -0.05) is 15.9 Å². The normalized spacial score (nSPS) is 10.3. The maximum absolute atomic E-state index is 13.5. The Bertz CT molecular complexity index is 679. The van der Waals surface area contributed by atoms with E-state index >= 15 is 0 Å². The van der Waals surface area contributed by atoms with Crippen molar-refractivity contribution in [3.8, 4) is 0 Å². The number of hydrogen-bond acceptors (Lipinski definition) is 1. The lowest BCUT2D eigenvalue weighted by Gasteiger charge is -2.09. The highest BCUT2D eigenvalue weighted by atomic mass is 79.9. The van der Waals surface area contributed by atoms with Crippen LogP contribution in [-0.2, 0) is 6.54 Å². The maximum atomic E-state index is 13.5. The van der Waals surface area contributed by atoms with Crippen LogP contribution in [0.3, 0.4) is 0 Å². The molecule has 2 aromatic carbocycles. The fraction of sp³-hybridized carbons (Fsp3) is 0.0714. The molecule has 0 saturated heterocycles. The van der Waals surface area contributed by atoms with E-state index in [-0.39, 0.29) is 17.8 Å². The summed E-state index contributed by atoms with van der Waals surface area (Å²) in [5.74, 6) is -2.10. The van der Waals surface area contributed by atoms with Crippen molar-refractivity contribution >= 4 is 27.6 Å². The van der Waals surface area contributed by atoms with E-state index in [2.05, 4.69) is 26.6 Å². The molecular weight excluding hydrogens is 349 g/mol. The minimum Gasteiger partial charge on any atom is -0.334 e. The van der Waals surface area contributed by atoms with Gasteiger partial charge in [-0.2, -0.15) is 0 Å². The van der Waals surface area contributed by atoms with E-state index in [1.807, 2.05) is 0 Å². The molecule has 0 unspecified atom stereocenters. The van der Waals surface area contributed by atoms with Crippen LogP contribution in [-0.4, -0.2) is 6.03 Å². The van der Waals surface area contributed by atoms with Crippen molar-refractivity contribution < 1.29 is 18.0 Å². The molecule has 0 aliphatic heterocycles. The molecule has 0 aliphatic rings. The summed E-state index contributed by atoms with van der Waals surface area (Å²) in [5, 5.41) is 4.60. The van der Waals surface area contributed by atoms with E-state index < -0.39 is 23.5 Å². The minimum atomic E-state index is -0.890. The molecule has 0 atom stereocenters. The van der Waals surface area contributed by atoms with Gasteiger partial charge in [-0.3, -0.25) is 0 Å². The Labute approximate surface area is 127 Å². The second-order valence-electron chi connectivity index (χ2n) is 4.17.